The molecule has 0 radical (unpaired) electrons. The van der Waals surface area contributed by atoms with E-state index in [1.807, 2.05) is 0 Å². The van der Waals surface area contributed by atoms with Gasteiger partial charge in [0, 0.05) is 12.4 Å². The van der Waals surface area contributed by atoms with Gasteiger partial charge in [-0.25, -0.2) is 4.79 Å². The van der Waals surface area contributed by atoms with Gasteiger partial charge in [-0.2, -0.15) is 0 Å². The Hall–Kier alpha value is -2.57. The van der Waals surface area contributed by atoms with E-state index < -0.39 is 18.1 Å². The first-order chi connectivity index (χ1) is 9.90. The van der Waals surface area contributed by atoms with Crippen LogP contribution in [0.2, 0.25) is 0 Å². The molecule has 110 valence electrons. The lowest BCUT2D eigenvalue weighted by Gasteiger charge is -2.13. The Bertz CT molecular complexity index is 642. The van der Waals surface area contributed by atoms with E-state index in [9.17, 15) is 18.0 Å². The van der Waals surface area contributed by atoms with Gasteiger partial charge in [0.1, 0.15) is 11.3 Å². The fourth-order valence-electron chi connectivity index (χ4n) is 1.73. The smallest absolute Gasteiger partial charge is 0.465 e. The number of hydrogen-bond acceptors (Lipinski definition) is 4. The molecule has 0 fully saturated rings. The molecule has 0 aliphatic rings. The number of alkyl halides is 3. The second kappa shape index (κ2) is 5.82. The van der Waals surface area contributed by atoms with E-state index in [0.717, 1.165) is 13.2 Å². The maximum atomic E-state index is 12.4. The zero-order valence-corrected chi connectivity index (χ0v) is 10.8. The van der Waals surface area contributed by atoms with Crippen LogP contribution >= 0.6 is 0 Å². The molecule has 0 saturated carbocycles. The number of carbonyl (C=O) groups is 1. The monoisotopic (exact) mass is 297 g/mol. The van der Waals surface area contributed by atoms with Crippen molar-refractivity contribution in [1.29, 1.82) is 0 Å². The lowest BCUT2D eigenvalue weighted by atomic mass is 10.0. The van der Waals surface area contributed by atoms with Crippen molar-refractivity contribution in [3.05, 3.63) is 48.3 Å². The fourth-order valence-corrected chi connectivity index (χ4v) is 1.73. The van der Waals surface area contributed by atoms with Gasteiger partial charge in [0.25, 0.3) is 0 Å². The highest BCUT2D eigenvalue weighted by Crippen LogP contribution is 2.31. The Balaban J connectivity index is 2.48. The van der Waals surface area contributed by atoms with Gasteiger partial charge in [-0.3, -0.25) is 4.98 Å². The van der Waals surface area contributed by atoms with Crippen molar-refractivity contribution in [2.45, 2.75) is 6.36 Å². The van der Waals surface area contributed by atoms with Crippen LogP contribution in [-0.4, -0.2) is 24.4 Å². The molecule has 0 N–H and O–H groups in total. The van der Waals surface area contributed by atoms with Crippen molar-refractivity contribution in [3.63, 3.8) is 0 Å². The van der Waals surface area contributed by atoms with Crippen LogP contribution in [0.3, 0.4) is 0 Å². The van der Waals surface area contributed by atoms with Gasteiger partial charge in [-0.1, -0.05) is 6.07 Å². The fraction of sp³-hybridized carbons (Fsp3) is 0.143. The van der Waals surface area contributed by atoms with E-state index in [2.05, 4.69) is 14.5 Å². The summed E-state index contributed by atoms with van der Waals surface area (Å²) in [6.45, 7) is 0. The third-order valence-corrected chi connectivity index (χ3v) is 2.63. The number of methoxy groups -OCH3 is 1. The van der Waals surface area contributed by atoms with Crippen LogP contribution in [0.15, 0.2) is 42.7 Å². The molecule has 0 bridgehead atoms. The summed E-state index contributed by atoms with van der Waals surface area (Å²) in [5.41, 5.74) is 0.811. The summed E-state index contributed by atoms with van der Waals surface area (Å²) >= 11 is 0. The van der Waals surface area contributed by atoms with Crippen LogP contribution < -0.4 is 4.74 Å². The number of halogens is 3. The largest absolute Gasteiger partial charge is 0.573 e. The van der Waals surface area contributed by atoms with Gasteiger partial charge in [0.05, 0.1) is 7.11 Å². The molecular formula is C14H10F3NO3. The van der Waals surface area contributed by atoms with E-state index >= 15 is 0 Å². The Morgan fingerprint density at radius 2 is 1.76 bits per heavy atom. The first-order valence-corrected chi connectivity index (χ1v) is 5.79. The number of esters is 1. The highest BCUT2D eigenvalue weighted by molar-refractivity contribution is 5.93. The summed E-state index contributed by atoms with van der Waals surface area (Å²) in [6.07, 6.45) is -1.89. The molecule has 21 heavy (non-hydrogen) atoms. The van der Waals surface area contributed by atoms with Crippen LogP contribution in [0.1, 0.15) is 10.4 Å². The van der Waals surface area contributed by atoms with Crippen molar-refractivity contribution in [3.8, 4) is 16.9 Å². The van der Waals surface area contributed by atoms with Crippen LogP contribution in [0, 0.1) is 0 Å². The standard InChI is InChI=1S/C14H10F3NO3/c1-20-13(19)11-3-2-10(9-4-6-18-7-5-9)8-12(11)21-14(15,16)17/h2-8H,1H3. The molecule has 0 aliphatic carbocycles. The molecule has 0 spiro atoms. The van der Waals surface area contributed by atoms with E-state index in [1.165, 1.54) is 24.5 Å². The van der Waals surface area contributed by atoms with E-state index in [0.29, 0.717) is 11.1 Å². The molecule has 1 heterocycles. The topological polar surface area (TPSA) is 48.4 Å². The molecule has 0 aliphatic heterocycles. The van der Waals surface area contributed by atoms with Crippen LogP contribution in [-0.2, 0) is 4.74 Å². The molecule has 1 aromatic carbocycles. The third kappa shape index (κ3) is 3.71. The number of carbonyl (C=O) groups excluding carboxylic acids is 1. The number of ether oxygens (including phenoxy) is 2. The zero-order valence-electron chi connectivity index (χ0n) is 10.8. The average molecular weight is 297 g/mol. The molecule has 0 saturated heterocycles. The quantitative estimate of drug-likeness (QED) is 0.814. The first-order valence-electron chi connectivity index (χ1n) is 5.79. The molecule has 2 rings (SSSR count). The maximum absolute atomic E-state index is 12.4. The van der Waals surface area contributed by atoms with E-state index in [-0.39, 0.29) is 5.56 Å². The van der Waals surface area contributed by atoms with Gasteiger partial charge in [0.15, 0.2) is 0 Å². The van der Waals surface area contributed by atoms with Gasteiger partial charge in [-0.15, -0.1) is 13.2 Å². The van der Waals surface area contributed by atoms with Crippen molar-refractivity contribution in [2.75, 3.05) is 7.11 Å². The van der Waals surface area contributed by atoms with Crippen molar-refractivity contribution in [2.24, 2.45) is 0 Å². The summed E-state index contributed by atoms with van der Waals surface area (Å²) in [5.74, 6) is -1.51. The minimum atomic E-state index is -4.90. The van der Waals surface area contributed by atoms with Gasteiger partial charge < -0.3 is 9.47 Å². The van der Waals surface area contributed by atoms with E-state index in [4.69, 9.17) is 0 Å². The Morgan fingerprint density at radius 1 is 1.10 bits per heavy atom. The number of hydrogen-bond donors (Lipinski definition) is 0. The van der Waals surface area contributed by atoms with Gasteiger partial charge >= 0.3 is 12.3 Å². The summed E-state index contributed by atoms with van der Waals surface area (Å²) in [6, 6.07) is 7.12. The zero-order chi connectivity index (χ0) is 15.5. The number of pyridine rings is 1. The number of rotatable bonds is 3. The summed E-state index contributed by atoms with van der Waals surface area (Å²) < 4.78 is 45.7. The number of aromatic nitrogens is 1. The second-order valence-electron chi connectivity index (χ2n) is 3.99. The molecule has 4 nitrogen and oxygen atoms in total. The van der Waals surface area contributed by atoms with Crippen LogP contribution in [0.4, 0.5) is 13.2 Å². The Kier molecular flexibility index (Phi) is 4.11. The maximum Gasteiger partial charge on any atom is 0.573 e. The average Bonchev–Trinajstić information content (AvgIpc) is 2.45. The van der Waals surface area contributed by atoms with Crippen molar-refractivity contribution < 1.29 is 27.4 Å². The predicted molar refractivity (Wildman–Crippen MR) is 67.7 cm³/mol. The van der Waals surface area contributed by atoms with Crippen molar-refractivity contribution in [1.82, 2.24) is 4.98 Å². The molecule has 0 amide bonds. The number of benzene rings is 1. The Morgan fingerprint density at radius 3 is 2.33 bits per heavy atom. The lowest BCUT2D eigenvalue weighted by molar-refractivity contribution is -0.274. The second-order valence-corrected chi connectivity index (χ2v) is 3.99. The highest BCUT2D eigenvalue weighted by Gasteiger charge is 2.33. The van der Waals surface area contributed by atoms with Crippen LogP contribution in [0.25, 0.3) is 11.1 Å². The molecule has 2 aromatic rings. The first kappa shape index (κ1) is 14.8. The summed E-state index contributed by atoms with van der Waals surface area (Å²) in [5, 5.41) is 0. The third-order valence-electron chi connectivity index (χ3n) is 2.63. The SMILES string of the molecule is COC(=O)c1ccc(-c2ccncc2)cc1OC(F)(F)F. The van der Waals surface area contributed by atoms with Gasteiger partial charge in [-0.05, 0) is 35.4 Å². The highest BCUT2D eigenvalue weighted by atomic mass is 19.4. The van der Waals surface area contributed by atoms with Crippen LogP contribution in [0.5, 0.6) is 5.75 Å². The lowest BCUT2D eigenvalue weighted by Crippen LogP contribution is -2.19. The summed E-state index contributed by atoms with van der Waals surface area (Å²) in [4.78, 5) is 15.3. The number of nitrogens with zero attached hydrogens (tertiary/aromatic N) is 1. The Labute approximate surface area is 118 Å². The molecule has 0 unspecified atom stereocenters. The minimum Gasteiger partial charge on any atom is -0.465 e. The molecule has 0 atom stereocenters. The van der Waals surface area contributed by atoms with Crippen molar-refractivity contribution >= 4 is 5.97 Å². The predicted octanol–water partition coefficient (Wildman–Crippen LogP) is 3.43. The molecular weight excluding hydrogens is 287 g/mol. The molecule has 7 heteroatoms. The molecule has 1 aromatic heterocycles. The summed E-state index contributed by atoms with van der Waals surface area (Å²) in [7, 11) is 1.08. The van der Waals surface area contributed by atoms with Gasteiger partial charge in [0.2, 0.25) is 0 Å². The minimum absolute atomic E-state index is 0.298. The van der Waals surface area contributed by atoms with E-state index in [1.54, 1.807) is 12.1 Å². The normalized spacial score (nSPS) is 11.0.